The molecule has 0 saturated heterocycles. The van der Waals surface area contributed by atoms with Gasteiger partial charge in [0.05, 0.1) is 0 Å². The standard InChI is InChI=1S/C19H32O/c1-17(13-20)8-3-9-18(2)15(17)7-11-19-10-6-14(12-19)4-5-16(18)19/h14-16,20H,3-13H2,1-2H3/t14-,15+,16-,17+,18+,19-/m1/s1. The van der Waals surface area contributed by atoms with Crippen molar-refractivity contribution in [1.82, 2.24) is 0 Å². The van der Waals surface area contributed by atoms with Crippen molar-refractivity contribution in [2.45, 2.75) is 78.1 Å². The summed E-state index contributed by atoms with van der Waals surface area (Å²) in [6.07, 6.45) is 14.5. The van der Waals surface area contributed by atoms with Gasteiger partial charge in [0.1, 0.15) is 0 Å². The summed E-state index contributed by atoms with van der Waals surface area (Å²) in [6.45, 7) is 5.41. The Morgan fingerprint density at radius 2 is 1.70 bits per heavy atom. The predicted molar refractivity (Wildman–Crippen MR) is 82.4 cm³/mol. The Hall–Kier alpha value is -0.0400. The van der Waals surface area contributed by atoms with Crippen LogP contribution < -0.4 is 0 Å². The molecule has 0 amide bonds. The normalized spacial score (nSPS) is 58.0. The molecule has 4 fully saturated rings. The molecule has 4 aliphatic carbocycles. The molecule has 0 unspecified atom stereocenters. The number of aliphatic hydroxyl groups is 1. The van der Waals surface area contributed by atoms with Gasteiger partial charge in [-0.15, -0.1) is 0 Å². The molecular formula is C19H32O. The van der Waals surface area contributed by atoms with Crippen LogP contribution in [0.1, 0.15) is 78.1 Å². The molecule has 4 saturated carbocycles. The second kappa shape index (κ2) is 4.24. The summed E-state index contributed by atoms with van der Waals surface area (Å²) in [5.41, 5.74) is 1.47. The monoisotopic (exact) mass is 276 g/mol. The van der Waals surface area contributed by atoms with Gasteiger partial charge in [0.2, 0.25) is 0 Å². The molecule has 1 spiro atoms. The Morgan fingerprint density at radius 3 is 2.50 bits per heavy atom. The highest BCUT2D eigenvalue weighted by molar-refractivity contribution is 5.12. The molecule has 1 heteroatoms. The summed E-state index contributed by atoms with van der Waals surface area (Å²) in [5.74, 6) is 2.82. The molecule has 1 nitrogen and oxygen atoms in total. The molecule has 2 bridgehead atoms. The molecule has 0 aliphatic heterocycles. The molecule has 4 rings (SSSR count). The zero-order chi connectivity index (χ0) is 14.0. The van der Waals surface area contributed by atoms with Crippen LogP contribution in [0, 0.1) is 34.0 Å². The van der Waals surface area contributed by atoms with E-state index in [1.807, 2.05) is 0 Å². The van der Waals surface area contributed by atoms with Crippen LogP contribution in [0.3, 0.4) is 0 Å². The second-order valence-corrected chi connectivity index (χ2v) is 9.36. The fourth-order valence-corrected chi connectivity index (χ4v) is 7.71. The Labute approximate surface area is 124 Å². The third-order valence-corrected chi connectivity index (χ3v) is 8.54. The van der Waals surface area contributed by atoms with E-state index in [1.54, 1.807) is 6.42 Å². The molecule has 20 heavy (non-hydrogen) atoms. The smallest absolute Gasteiger partial charge is 0.0487 e. The minimum atomic E-state index is 0.212. The summed E-state index contributed by atoms with van der Waals surface area (Å²) in [4.78, 5) is 0. The average molecular weight is 276 g/mol. The van der Waals surface area contributed by atoms with Gasteiger partial charge in [0, 0.05) is 6.61 Å². The van der Waals surface area contributed by atoms with E-state index < -0.39 is 0 Å². The van der Waals surface area contributed by atoms with Gasteiger partial charge in [-0.05, 0) is 85.4 Å². The fourth-order valence-electron chi connectivity index (χ4n) is 7.71. The van der Waals surface area contributed by atoms with Crippen LogP contribution in [0.25, 0.3) is 0 Å². The Balaban J connectivity index is 1.72. The molecule has 0 aromatic rings. The van der Waals surface area contributed by atoms with Gasteiger partial charge in [0.25, 0.3) is 0 Å². The average Bonchev–Trinajstić information content (AvgIpc) is 2.74. The molecule has 0 heterocycles. The summed E-state index contributed by atoms with van der Waals surface area (Å²) >= 11 is 0. The number of aliphatic hydroxyl groups excluding tert-OH is 1. The highest BCUT2D eigenvalue weighted by Crippen LogP contribution is 2.71. The Bertz CT molecular complexity index is 405. The van der Waals surface area contributed by atoms with Crippen LogP contribution in [0.4, 0.5) is 0 Å². The first-order valence-corrected chi connectivity index (χ1v) is 9.13. The van der Waals surface area contributed by atoms with E-state index in [4.69, 9.17) is 0 Å². The van der Waals surface area contributed by atoms with Crippen molar-refractivity contribution in [2.75, 3.05) is 6.61 Å². The van der Waals surface area contributed by atoms with E-state index in [9.17, 15) is 5.11 Å². The molecule has 6 atom stereocenters. The van der Waals surface area contributed by atoms with Gasteiger partial charge in [-0.1, -0.05) is 26.7 Å². The van der Waals surface area contributed by atoms with Crippen molar-refractivity contribution in [2.24, 2.45) is 34.0 Å². The van der Waals surface area contributed by atoms with Gasteiger partial charge in [-0.25, -0.2) is 0 Å². The SMILES string of the molecule is C[C@@]1(CO)CCC[C@@]2(C)[C@H]1CC[C@@]13CC[C@@H](CC[C@@H]12)C3. The lowest BCUT2D eigenvalue weighted by atomic mass is 9.41. The third-order valence-electron chi connectivity index (χ3n) is 8.54. The maximum Gasteiger partial charge on any atom is 0.0487 e. The van der Waals surface area contributed by atoms with Crippen molar-refractivity contribution in [3.8, 4) is 0 Å². The van der Waals surface area contributed by atoms with Crippen LogP contribution in [-0.4, -0.2) is 11.7 Å². The topological polar surface area (TPSA) is 20.2 Å². The molecular weight excluding hydrogens is 244 g/mol. The highest BCUT2D eigenvalue weighted by Gasteiger charge is 2.62. The highest BCUT2D eigenvalue weighted by atomic mass is 16.3. The molecule has 0 radical (unpaired) electrons. The molecule has 0 aromatic carbocycles. The maximum absolute atomic E-state index is 10.0. The number of hydrogen-bond donors (Lipinski definition) is 1. The van der Waals surface area contributed by atoms with Crippen LogP contribution in [0.5, 0.6) is 0 Å². The summed E-state index contributed by atoms with van der Waals surface area (Å²) in [7, 11) is 0. The van der Waals surface area contributed by atoms with Crippen molar-refractivity contribution in [1.29, 1.82) is 0 Å². The second-order valence-electron chi connectivity index (χ2n) is 9.36. The van der Waals surface area contributed by atoms with Crippen molar-refractivity contribution in [3.63, 3.8) is 0 Å². The van der Waals surface area contributed by atoms with Crippen LogP contribution >= 0.6 is 0 Å². The minimum Gasteiger partial charge on any atom is -0.396 e. The van der Waals surface area contributed by atoms with E-state index in [0.29, 0.717) is 12.0 Å². The lowest BCUT2D eigenvalue weighted by Gasteiger charge is -2.64. The molecule has 4 aliphatic rings. The lowest BCUT2D eigenvalue weighted by molar-refractivity contribution is -0.159. The largest absolute Gasteiger partial charge is 0.396 e. The van der Waals surface area contributed by atoms with Crippen LogP contribution in [0.2, 0.25) is 0 Å². The Morgan fingerprint density at radius 1 is 0.900 bits per heavy atom. The lowest BCUT2D eigenvalue weighted by Crippen LogP contribution is -2.57. The quantitative estimate of drug-likeness (QED) is 0.730. The minimum absolute atomic E-state index is 0.212. The number of fused-ring (bicyclic) bond motifs is 3. The number of hydrogen-bond acceptors (Lipinski definition) is 1. The molecule has 0 aromatic heterocycles. The van der Waals surface area contributed by atoms with Gasteiger partial charge in [0.15, 0.2) is 0 Å². The predicted octanol–water partition coefficient (Wildman–Crippen LogP) is 4.78. The van der Waals surface area contributed by atoms with Crippen molar-refractivity contribution < 1.29 is 5.11 Å². The van der Waals surface area contributed by atoms with Gasteiger partial charge in [-0.3, -0.25) is 0 Å². The van der Waals surface area contributed by atoms with Crippen LogP contribution in [0.15, 0.2) is 0 Å². The molecule has 114 valence electrons. The molecule has 1 N–H and O–H groups in total. The van der Waals surface area contributed by atoms with Crippen LogP contribution in [-0.2, 0) is 0 Å². The first-order chi connectivity index (χ1) is 9.52. The van der Waals surface area contributed by atoms with Gasteiger partial charge in [-0.2, -0.15) is 0 Å². The van der Waals surface area contributed by atoms with Crippen molar-refractivity contribution in [3.05, 3.63) is 0 Å². The van der Waals surface area contributed by atoms with Gasteiger partial charge >= 0.3 is 0 Å². The third kappa shape index (κ3) is 1.59. The van der Waals surface area contributed by atoms with E-state index in [1.165, 1.54) is 57.8 Å². The fraction of sp³-hybridized carbons (Fsp3) is 1.00. The van der Waals surface area contributed by atoms with E-state index in [-0.39, 0.29) is 5.41 Å². The Kier molecular flexibility index (Phi) is 2.89. The summed E-state index contributed by atoms with van der Waals surface area (Å²) in [6, 6.07) is 0. The summed E-state index contributed by atoms with van der Waals surface area (Å²) < 4.78 is 0. The first-order valence-electron chi connectivity index (χ1n) is 9.13. The zero-order valence-electron chi connectivity index (χ0n) is 13.5. The van der Waals surface area contributed by atoms with E-state index >= 15 is 0 Å². The summed E-state index contributed by atoms with van der Waals surface area (Å²) in [5, 5.41) is 10.0. The first kappa shape index (κ1) is 13.6. The number of rotatable bonds is 1. The zero-order valence-corrected chi connectivity index (χ0v) is 13.5. The van der Waals surface area contributed by atoms with E-state index in [2.05, 4.69) is 13.8 Å². The van der Waals surface area contributed by atoms with Crippen molar-refractivity contribution >= 4 is 0 Å². The van der Waals surface area contributed by atoms with E-state index in [0.717, 1.165) is 23.2 Å². The van der Waals surface area contributed by atoms with Gasteiger partial charge < -0.3 is 5.11 Å². The maximum atomic E-state index is 10.0.